The molecule has 0 unspecified atom stereocenters. The van der Waals surface area contributed by atoms with Gasteiger partial charge in [0.2, 0.25) is 5.91 Å². The minimum absolute atomic E-state index is 0.0361. The molecule has 1 heterocycles. The summed E-state index contributed by atoms with van der Waals surface area (Å²) in [6, 6.07) is 1.46. The van der Waals surface area contributed by atoms with E-state index in [1.807, 2.05) is 0 Å². The van der Waals surface area contributed by atoms with Gasteiger partial charge in [-0.25, -0.2) is 4.98 Å². The van der Waals surface area contributed by atoms with E-state index in [2.05, 4.69) is 15.6 Å². The maximum Gasteiger partial charge on any atom is 0.239 e. The van der Waals surface area contributed by atoms with Gasteiger partial charge < -0.3 is 15.4 Å². The quantitative estimate of drug-likeness (QED) is 0.624. The summed E-state index contributed by atoms with van der Waals surface area (Å²) in [7, 11) is 1.56. The van der Waals surface area contributed by atoms with Crippen molar-refractivity contribution in [1.29, 1.82) is 0 Å². The highest BCUT2D eigenvalue weighted by Gasteiger charge is 2.08. The molecule has 0 saturated carbocycles. The van der Waals surface area contributed by atoms with Gasteiger partial charge in [-0.3, -0.25) is 4.79 Å². The lowest BCUT2D eigenvalue weighted by Gasteiger charge is -2.09. The molecule has 0 atom stereocenters. The Morgan fingerprint density at radius 1 is 1.39 bits per heavy atom. The van der Waals surface area contributed by atoms with Gasteiger partial charge in [-0.05, 0) is 6.07 Å². The number of anilines is 1. The van der Waals surface area contributed by atoms with Crippen LogP contribution < -0.4 is 10.6 Å². The van der Waals surface area contributed by atoms with Crippen molar-refractivity contribution >= 4 is 46.5 Å². The first-order chi connectivity index (χ1) is 8.54. The Bertz CT molecular complexity index is 429. The Labute approximate surface area is 120 Å². The van der Waals surface area contributed by atoms with E-state index in [-0.39, 0.29) is 22.6 Å². The number of ether oxygens (including phenoxy) is 1. The number of hydrogen-bond donors (Lipinski definition) is 2. The standard InChI is InChI=1S/C10H12Cl3N3O2/c1-18-3-2-14-8(17)5-15-10-7(12)4-6(11)9(13)16-10/h4H,2-3,5H2,1H3,(H,14,17)(H,15,16). The monoisotopic (exact) mass is 311 g/mol. The topological polar surface area (TPSA) is 63.2 Å². The van der Waals surface area contributed by atoms with Crippen LogP contribution in [0, 0.1) is 0 Å². The van der Waals surface area contributed by atoms with Crippen LogP contribution in [0.4, 0.5) is 5.82 Å². The van der Waals surface area contributed by atoms with Crippen molar-refractivity contribution in [2.45, 2.75) is 0 Å². The summed E-state index contributed by atoms with van der Waals surface area (Å²) in [4.78, 5) is 15.3. The SMILES string of the molecule is COCCNC(=O)CNc1nc(Cl)c(Cl)cc1Cl. The van der Waals surface area contributed by atoms with Gasteiger partial charge in [0.1, 0.15) is 11.0 Å². The number of nitrogens with one attached hydrogen (secondary N) is 2. The van der Waals surface area contributed by atoms with Crippen molar-refractivity contribution in [3.63, 3.8) is 0 Å². The summed E-state index contributed by atoms with van der Waals surface area (Å²) in [5, 5.41) is 6.10. The molecule has 100 valence electrons. The van der Waals surface area contributed by atoms with Crippen LogP contribution in [0.2, 0.25) is 15.2 Å². The first-order valence-electron chi connectivity index (χ1n) is 5.05. The third-order valence-corrected chi connectivity index (χ3v) is 2.89. The van der Waals surface area contributed by atoms with Crippen LogP contribution in [-0.2, 0) is 9.53 Å². The number of carbonyl (C=O) groups excluding carboxylic acids is 1. The predicted octanol–water partition coefficient (Wildman–Crippen LogP) is 2.22. The summed E-state index contributed by atoms with van der Waals surface area (Å²) in [5.41, 5.74) is 0. The average molecular weight is 313 g/mol. The van der Waals surface area contributed by atoms with E-state index < -0.39 is 0 Å². The molecule has 5 nitrogen and oxygen atoms in total. The second-order valence-electron chi connectivity index (χ2n) is 3.29. The zero-order valence-electron chi connectivity index (χ0n) is 9.60. The van der Waals surface area contributed by atoms with Crippen LogP contribution in [0.3, 0.4) is 0 Å². The number of halogens is 3. The minimum Gasteiger partial charge on any atom is -0.383 e. The van der Waals surface area contributed by atoms with E-state index >= 15 is 0 Å². The number of rotatable bonds is 6. The van der Waals surface area contributed by atoms with Gasteiger partial charge in [0.05, 0.1) is 23.2 Å². The summed E-state index contributed by atoms with van der Waals surface area (Å²) >= 11 is 17.4. The second kappa shape index (κ2) is 7.63. The highest BCUT2D eigenvalue weighted by atomic mass is 35.5. The highest BCUT2D eigenvalue weighted by Crippen LogP contribution is 2.28. The van der Waals surface area contributed by atoms with Gasteiger partial charge >= 0.3 is 0 Å². The molecule has 0 aliphatic carbocycles. The van der Waals surface area contributed by atoms with E-state index in [0.29, 0.717) is 24.0 Å². The number of amides is 1. The van der Waals surface area contributed by atoms with Gasteiger partial charge in [0.25, 0.3) is 0 Å². The number of pyridine rings is 1. The molecule has 2 N–H and O–H groups in total. The highest BCUT2D eigenvalue weighted by molar-refractivity contribution is 6.42. The molecule has 1 aromatic heterocycles. The Balaban J connectivity index is 2.48. The Morgan fingerprint density at radius 2 is 2.11 bits per heavy atom. The molecule has 0 spiro atoms. The molecule has 1 aromatic rings. The van der Waals surface area contributed by atoms with Gasteiger partial charge in [-0.1, -0.05) is 34.8 Å². The number of nitrogens with zero attached hydrogens (tertiary/aromatic N) is 1. The number of carbonyl (C=O) groups is 1. The van der Waals surface area contributed by atoms with Gasteiger partial charge in [-0.15, -0.1) is 0 Å². The fraction of sp³-hybridized carbons (Fsp3) is 0.400. The van der Waals surface area contributed by atoms with Crippen LogP contribution >= 0.6 is 34.8 Å². The molecule has 0 fully saturated rings. The maximum absolute atomic E-state index is 11.4. The zero-order chi connectivity index (χ0) is 13.5. The van der Waals surface area contributed by atoms with Gasteiger partial charge in [-0.2, -0.15) is 0 Å². The lowest BCUT2D eigenvalue weighted by Crippen LogP contribution is -2.32. The molecule has 0 bridgehead atoms. The van der Waals surface area contributed by atoms with E-state index in [1.54, 1.807) is 7.11 Å². The molecule has 0 aliphatic rings. The lowest BCUT2D eigenvalue weighted by atomic mass is 10.4. The fourth-order valence-corrected chi connectivity index (χ4v) is 1.65. The van der Waals surface area contributed by atoms with E-state index in [9.17, 15) is 4.79 Å². The van der Waals surface area contributed by atoms with Crippen LogP contribution in [-0.4, -0.2) is 37.7 Å². The first kappa shape index (κ1) is 15.3. The smallest absolute Gasteiger partial charge is 0.239 e. The van der Waals surface area contributed by atoms with Crippen LogP contribution in [0.5, 0.6) is 0 Å². The van der Waals surface area contributed by atoms with E-state index in [1.165, 1.54) is 6.07 Å². The average Bonchev–Trinajstić information content (AvgIpc) is 2.32. The van der Waals surface area contributed by atoms with E-state index in [0.717, 1.165) is 0 Å². The largest absolute Gasteiger partial charge is 0.383 e. The number of hydrogen-bond acceptors (Lipinski definition) is 4. The fourth-order valence-electron chi connectivity index (χ4n) is 1.09. The first-order valence-corrected chi connectivity index (χ1v) is 6.19. The molecule has 0 radical (unpaired) electrons. The molecule has 0 aliphatic heterocycles. The van der Waals surface area contributed by atoms with Crippen LogP contribution in [0.15, 0.2) is 6.07 Å². The molecule has 0 saturated heterocycles. The Hall–Kier alpha value is -0.750. The van der Waals surface area contributed by atoms with Gasteiger partial charge in [0, 0.05) is 13.7 Å². The summed E-state index contributed by atoms with van der Waals surface area (Å²) in [5.74, 6) is 0.115. The Kier molecular flexibility index (Phi) is 6.49. The maximum atomic E-state index is 11.4. The van der Waals surface area contributed by atoms with Crippen LogP contribution in [0.1, 0.15) is 0 Å². The third-order valence-electron chi connectivity index (χ3n) is 1.93. The molecule has 1 rings (SSSR count). The number of methoxy groups -OCH3 is 1. The van der Waals surface area contributed by atoms with Gasteiger partial charge in [0.15, 0.2) is 0 Å². The predicted molar refractivity (Wildman–Crippen MR) is 72.6 cm³/mol. The molecular weight excluding hydrogens is 300 g/mol. The van der Waals surface area contributed by atoms with Crippen molar-refractivity contribution in [3.05, 3.63) is 21.3 Å². The second-order valence-corrected chi connectivity index (χ2v) is 4.46. The molecule has 8 heteroatoms. The normalized spacial score (nSPS) is 10.2. The number of aromatic nitrogens is 1. The van der Waals surface area contributed by atoms with Crippen molar-refractivity contribution in [1.82, 2.24) is 10.3 Å². The molecular formula is C10H12Cl3N3O2. The minimum atomic E-state index is -0.198. The van der Waals surface area contributed by atoms with Crippen LogP contribution in [0.25, 0.3) is 0 Å². The molecule has 18 heavy (non-hydrogen) atoms. The van der Waals surface area contributed by atoms with Crippen molar-refractivity contribution in [2.24, 2.45) is 0 Å². The van der Waals surface area contributed by atoms with Crippen molar-refractivity contribution < 1.29 is 9.53 Å². The zero-order valence-corrected chi connectivity index (χ0v) is 11.9. The summed E-state index contributed by atoms with van der Waals surface area (Å²) in [6.07, 6.45) is 0. The molecule has 0 aromatic carbocycles. The van der Waals surface area contributed by atoms with Crippen molar-refractivity contribution in [2.75, 3.05) is 32.1 Å². The summed E-state index contributed by atoms with van der Waals surface area (Å²) < 4.78 is 4.80. The molecule has 1 amide bonds. The van der Waals surface area contributed by atoms with Crippen molar-refractivity contribution in [3.8, 4) is 0 Å². The third kappa shape index (κ3) is 4.86. The van der Waals surface area contributed by atoms with E-state index in [4.69, 9.17) is 39.5 Å². The Morgan fingerprint density at radius 3 is 2.78 bits per heavy atom. The summed E-state index contributed by atoms with van der Waals surface area (Å²) in [6.45, 7) is 0.936. The lowest BCUT2D eigenvalue weighted by molar-refractivity contribution is -0.119.